The number of rotatable bonds is 5. The molecule has 1 N–H and O–H groups in total. The molecular weight excluding hydrogens is 370 g/mol. The molecule has 1 saturated heterocycles. The largest absolute Gasteiger partial charge is 0.465 e. The molecule has 0 unspecified atom stereocenters. The lowest BCUT2D eigenvalue weighted by atomic mass is 10.1. The number of benzene rings is 1. The smallest absolute Gasteiger partial charge is 0.337 e. The first-order valence-electron chi connectivity index (χ1n) is 9.30. The zero-order chi connectivity index (χ0) is 20.1. The Bertz CT molecular complexity index is 991. The van der Waals surface area contributed by atoms with Crippen molar-refractivity contribution < 1.29 is 14.3 Å². The van der Waals surface area contributed by atoms with E-state index in [-0.39, 0.29) is 5.97 Å². The number of pyridine rings is 1. The third kappa shape index (κ3) is 4.49. The number of anilines is 3. The van der Waals surface area contributed by atoms with Crippen LogP contribution >= 0.6 is 0 Å². The van der Waals surface area contributed by atoms with Crippen molar-refractivity contribution in [2.75, 3.05) is 43.6 Å². The molecule has 0 radical (unpaired) electrons. The van der Waals surface area contributed by atoms with Crippen LogP contribution < -0.4 is 10.2 Å². The van der Waals surface area contributed by atoms with Crippen LogP contribution in [0, 0.1) is 0 Å². The van der Waals surface area contributed by atoms with E-state index in [0.29, 0.717) is 36.2 Å². The first-order chi connectivity index (χ1) is 14.2. The molecule has 29 heavy (non-hydrogen) atoms. The summed E-state index contributed by atoms with van der Waals surface area (Å²) in [7, 11) is 1.37. The van der Waals surface area contributed by atoms with Gasteiger partial charge < -0.3 is 19.7 Å². The van der Waals surface area contributed by atoms with Gasteiger partial charge in [-0.3, -0.25) is 4.98 Å². The fourth-order valence-electron chi connectivity index (χ4n) is 3.06. The molecule has 0 amide bonds. The lowest BCUT2D eigenvalue weighted by molar-refractivity contribution is 0.0601. The summed E-state index contributed by atoms with van der Waals surface area (Å²) in [6.07, 6.45) is 3.45. The van der Waals surface area contributed by atoms with Crippen LogP contribution in [0.4, 0.5) is 17.5 Å². The second-order valence-electron chi connectivity index (χ2n) is 6.48. The van der Waals surface area contributed by atoms with Gasteiger partial charge >= 0.3 is 5.97 Å². The molecule has 148 valence electrons. The molecule has 0 saturated carbocycles. The summed E-state index contributed by atoms with van der Waals surface area (Å²) in [6, 6.07) is 12.8. The molecule has 3 aromatic rings. The van der Waals surface area contributed by atoms with E-state index in [9.17, 15) is 4.79 Å². The minimum absolute atomic E-state index is 0.386. The Morgan fingerprint density at radius 3 is 2.76 bits per heavy atom. The molecule has 1 aliphatic heterocycles. The summed E-state index contributed by atoms with van der Waals surface area (Å²) < 4.78 is 10.3. The third-order valence-corrected chi connectivity index (χ3v) is 4.52. The Labute approximate surface area is 168 Å². The van der Waals surface area contributed by atoms with E-state index in [0.717, 1.165) is 24.3 Å². The van der Waals surface area contributed by atoms with Crippen molar-refractivity contribution in [3.8, 4) is 11.3 Å². The number of hydrogen-bond donors (Lipinski definition) is 1. The number of hydrogen-bond acceptors (Lipinski definition) is 8. The highest BCUT2D eigenvalue weighted by Gasteiger charge is 2.17. The maximum Gasteiger partial charge on any atom is 0.337 e. The van der Waals surface area contributed by atoms with Crippen LogP contribution in [-0.4, -0.2) is 54.3 Å². The highest BCUT2D eigenvalue weighted by atomic mass is 16.5. The zero-order valence-electron chi connectivity index (χ0n) is 16.0. The Morgan fingerprint density at radius 2 is 2.00 bits per heavy atom. The van der Waals surface area contributed by atoms with Crippen LogP contribution in [0.2, 0.25) is 0 Å². The quantitative estimate of drug-likeness (QED) is 0.664. The average Bonchev–Trinajstić information content (AvgIpc) is 2.79. The molecule has 1 aromatic carbocycles. The number of ether oxygens (including phenoxy) is 2. The van der Waals surface area contributed by atoms with Gasteiger partial charge in [-0.25, -0.2) is 9.78 Å². The van der Waals surface area contributed by atoms with Crippen LogP contribution in [0.25, 0.3) is 11.3 Å². The van der Waals surface area contributed by atoms with E-state index >= 15 is 0 Å². The Kier molecular flexibility index (Phi) is 5.62. The number of nitrogens with one attached hydrogen (secondary N) is 1. The van der Waals surface area contributed by atoms with Gasteiger partial charge in [0, 0.05) is 30.9 Å². The second kappa shape index (κ2) is 8.66. The molecule has 8 nitrogen and oxygen atoms in total. The maximum atomic E-state index is 11.9. The molecule has 0 atom stereocenters. The highest BCUT2D eigenvalue weighted by Crippen LogP contribution is 2.26. The predicted octanol–water partition coefficient (Wildman–Crippen LogP) is 2.91. The number of nitrogens with zero attached hydrogens (tertiary/aromatic N) is 4. The van der Waals surface area contributed by atoms with E-state index in [2.05, 4.69) is 20.2 Å². The van der Waals surface area contributed by atoms with E-state index in [1.54, 1.807) is 24.5 Å². The van der Waals surface area contributed by atoms with Crippen molar-refractivity contribution in [1.29, 1.82) is 0 Å². The van der Waals surface area contributed by atoms with Crippen LogP contribution in [0.1, 0.15) is 10.4 Å². The van der Waals surface area contributed by atoms with Gasteiger partial charge in [0.1, 0.15) is 5.82 Å². The summed E-state index contributed by atoms with van der Waals surface area (Å²) in [4.78, 5) is 27.6. The van der Waals surface area contributed by atoms with Crippen molar-refractivity contribution >= 4 is 23.4 Å². The summed E-state index contributed by atoms with van der Waals surface area (Å²) in [5.74, 6) is 0.872. The Morgan fingerprint density at radius 1 is 1.14 bits per heavy atom. The first kappa shape index (κ1) is 18.8. The maximum absolute atomic E-state index is 11.9. The molecule has 8 heteroatoms. The predicted molar refractivity (Wildman–Crippen MR) is 109 cm³/mol. The number of morpholine rings is 1. The number of methoxy groups -OCH3 is 1. The number of esters is 1. The van der Waals surface area contributed by atoms with E-state index in [1.807, 2.05) is 30.3 Å². The molecule has 1 fully saturated rings. The normalized spacial score (nSPS) is 13.8. The lowest BCUT2D eigenvalue weighted by Gasteiger charge is -2.27. The summed E-state index contributed by atoms with van der Waals surface area (Å²) in [5.41, 5.74) is 2.81. The van der Waals surface area contributed by atoms with E-state index in [1.165, 1.54) is 7.11 Å². The average molecular weight is 391 g/mol. The molecule has 1 aliphatic rings. The zero-order valence-corrected chi connectivity index (χ0v) is 16.0. The van der Waals surface area contributed by atoms with Gasteiger partial charge in [-0.15, -0.1) is 0 Å². The van der Waals surface area contributed by atoms with Crippen LogP contribution in [0.15, 0.2) is 54.9 Å². The standard InChI is InChI=1S/C21H21N5O3/c1-28-20(27)16-5-2-4-15(12-16)18-13-19(23-17-6-3-7-22-14-17)25-21(24-18)26-8-10-29-11-9-26/h2-7,12-14H,8-11H2,1H3,(H,23,24,25). The van der Waals surface area contributed by atoms with Crippen molar-refractivity contribution in [2.45, 2.75) is 0 Å². The Hall–Kier alpha value is -3.52. The minimum Gasteiger partial charge on any atom is -0.465 e. The monoisotopic (exact) mass is 391 g/mol. The topological polar surface area (TPSA) is 89.5 Å². The fourth-order valence-corrected chi connectivity index (χ4v) is 3.06. The van der Waals surface area contributed by atoms with Gasteiger partial charge in [0.15, 0.2) is 0 Å². The summed E-state index contributed by atoms with van der Waals surface area (Å²) in [5, 5.41) is 3.28. The SMILES string of the molecule is COC(=O)c1cccc(-c2cc(Nc3cccnc3)nc(N3CCOCC3)n2)c1. The molecule has 3 heterocycles. The molecule has 0 aliphatic carbocycles. The van der Waals surface area contributed by atoms with Crippen LogP contribution in [-0.2, 0) is 9.47 Å². The van der Waals surface area contributed by atoms with Crippen molar-refractivity contribution in [3.05, 3.63) is 60.4 Å². The first-order valence-corrected chi connectivity index (χ1v) is 9.30. The summed E-state index contributed by atoms with van der Waals surface area (Å²) >= 11 is 0. The second-order valence-corrected chi connectivity index (χ2v) is 6.48. The van der Waals surface area contributed by atoms with Crippen LogP contribution in [0.5, 0.6) is 0 Å². The van der Waals surface area contributed by atoms with Gasteiger partial charge in [-0.2, -0.15) is 4.98 Å². The highest BCUT2D eigenvalue weighted by molar-refractivity contribution is 5.90. The van der Waals surface area contributed by atoms with Gasteiger partial charge in [0.05, 0.1) is 43.5 Å². The molecule has 0 bridgehead atoms. The number of aromatic nitrogens is 3. The Balaban J connectivity index is 1.74. The van der Waals surface area contributed by atoms with Crippen molar-refractivity contribution in [3.63, 3.8) is 0 Å². The van der Waals surface area contributed by atoms with Gasteiger partial charge in [0.2, 0.25) is 5.95 Å². The van der Waals surface area contributed by atoms with Crippen molar-refractivity contribution in [2.24, 2.45) is 0 Å². The van der Waals surface area contributed by atoms with E-state index in [4.69, 9.17) is 14.5 Å². The molecule has 2 aromatic heterocycles. The molecule has 4 rings (SSSR count). The molecule has 0 spiro atoms. The lowest BCUT2D eigenvalue weighted by Crippen LogP contribution is -2.37. The van der Waals surface area contributed by atoms with Gasteiger partial charge in [0.25, 0.3) is 0 Å². The summed E-state index contributed by atoms with van der Waals surface area (Å²) in [6.45, 7) is 2.71. The van der Waals surface area contributed by atoms with Crippen LogP contribution in [0.3, 0.4) is 0 Å². The van der Waals surface area contributed by atoms with E-state index < -0.39 is 0 Å². The van der Waals surface area contributed by atoms with Gasteiger partial charge in [-0.1, -0.05) is 12.1 Å². The number of carbonyl (C=O) groups is 1. The number of carbonyl (C=O) groups excluding carboxylic acids is 1. The third-order valence-electron chi connectivity index (χ3n) is 4.52. The minimum atomic E-state index is -0.386. The fraction of sp³-hybridized carbons (Fsp3) is 0.238. The van der Waals surface area contributed by atoms with Crippen molar-refractivity contribution in [1.82, 2.24) is 15.0 Å². The van der Waals surface area contributed by atoms with Gasteiger partial charge in [-0.05, 0) is 24.3 Å². The molecular formula is C21H21N5O3.